The van der Waals surface area contributed by atoms with Crippen molar-refractivity contribution in [1.29, 1.82) is 0 Å². The van der Waals surface area contributed by atoms with Gasteiger partial charge in [-0.2, -0.15) is 5.10 Å². The number of hydrogen-bond acceptors (Lipinski definition) is 3. The van der Waals surface area contributed by atoms with Crippen LogP contribution in [-0.2, 0) is 13.1 Å². The molecule has 0 radical (unpaired) electrons. The summed E-state index contributed by atoms with van der Waals surface area (Å²) in [5.41, 5.74) is 3.45. The number of nitrogens with one attached hydrogen (secondary N) is 1. The lowest BCUT2D eigenvalue weighted by molar-refractivity contribution is 0.407. The maximum atomic E-state index is 5.39. The molecule has 1 N–H and O–H groups in total. The van der Waals surface area contributed by atoms with Crippen LogP contribution in [-0.4, -0.2) is 23.4 Å². The smallest absolute Gasteiger partial charge is 0.123 e. The Morgan fingerprint density at radius 1 is 1.32 bits per heavy atom. The van der Waals surface area contributed by atoms with Gasteiger partial charge in [0.2, 0.25) is 0 Å². The van der Waals surface area contributed by atoms with Gasteiger partial charge in [-0.15, -0.1) is 0 Å². The third-order valence-corrected chi connectivity index (χ3v) is 3.02. The second kappa shape index (κ2) is 6.38. The van der Waals surface area contributed by atoms with Crippen molar-refractivity contribution in [2.45, 2.75) is 26.9 Å². The highest BCUT2D eigenvalue weighted by molar-refractivity contribution is 5.36. The molecule has 0 bridgehead atoms. The maximum Gasteiger partial charge on any atom is 0.123 e. The minimum Gasteiger partial charge on any atom is -0.496 e. The van der Waals surface area contributed by atoms with Gasteiger partial charge in [-0.3, -0.25) is 4.68 Å². The molecule has 0 saturated heterocycles. The van der Waals surface area contributed by atoms with E-state index in [2.05, 4.69) is 36.4 Å². The summed E-state index contributed by atoms with van der Waals surface area (Å²) in [6.07, 6.45) is 2.01. The molecule has 4 nitrogen and oxygen atoms in total. The fourth-order valence-electron chi connectivity index (χ4n) is 2.04. The molecule has 4 heteroatoms. The van der Waals surface area contributed by atoms with E-state index >= 15 is 0 Å². The summed E-state index contributed by atoms with van der Waals surface area (Å²) >= 11 is 0. The Morgan fingerprint density at radius 3 is 2.89 bits per heavy atom. The third-order valence-electron chi connectivity index (χ3n) is 3.02. The quantitative estimate of drug-likeness (QED) is 0.865. The zero-order valence-electron chi connectivity index (χ0n) is 11.8. The standard InChI is InChI=1S/C15H21N3O/c1-4-16-10-14-7-8-18(17-14)11-13-9-12(2)5-6-15(13)19-3/h5-9,16H,4,10-11H2,1-3H3. The molecule has 0 unspecified atom stereocenters. The molecule has 0 atom stereocenters. The van der Waals surface area contributed by atoms with Crippen molar-refractivity contribution in [3.8, 4) is 5.75 Å². The molecule has 0 aliphatic rings. The predicted octanol–water partition coefficient (Wildman–Crippen LogP) is 2.36. The van der Waals surface area contributed by atoms with Gasteiger partial charge in [0.25, 0.3) is 0 Å². The topological polar surface area (TPSA) is 39.1 Å². The highest BCUT2D eigenvalue weighted by Crippen LogP contribution is 2.20. The van der Waals surface area contributed by atoms with Crippen LogP contribution in [0.15, 0.2) is 30.5 Å². The van der Waals surface area contributed by atoms with E-state index in [1.807, 2.05) is 23.0 Å². The van der Waals surface area contributed by atoms with E-state index in [-0.39, 0.29) is 0 Å². The highest BCUT2D eigenvalue weighted by atomic mass is 16.5. The Balaban J connectivity index is 2.12. The van der Waals surface area contributed by atoms with Crippen LogP contribution in [0, 0.1) is 6.92 Å². The van der Waals surface area contributed by atoms with Gasteiger partial charge in [0.15, 0.2) is 0 Å². The van der Waals surface area contributed by atoms with E-state index < -0.39 is 0 Å². The average Bonchev–Trinajstić information content (AvgIpc) is 2.84. The summed E-state index contributed by atoms with van der Waals surface area (Å²) in [7, 11) is 1.70. The van der Waals surface area contributed by atoms with Gasteiger partial charge < -0.3 is 10.1 Å². The number of ether oxygens (including phenoxy) is 1. The van der Waals surface area contributed by atoms with E-state index in [1.54, 1.807) is 7.11 Å². The Bertz CT molecular complexity index is 534. The number of aromatic nitrogens is 2. The molecule has 0 amide bonds. The molecule has 1 aromatic carbocycles. The number of aryl methyl sites for hydroxylation is 1. The molecule has 2 aromatic rings. The van der Waals surface area contributed by atoms with Crippen molar-refractivity contribution in [1.82, 2.24) is 15.1 Å². The second-order valence-corrected chi connectivity index (χ2v) is 4.60. The van der Waals surface area contributed by atoms with Crippen molar-refractivity contribution in [3.63, 3.8) is 0 Å². The van der Waals surface area contributed by atoms with Gasteiger partial charge in [0.1, 0.15) is 5.75 Å². The lowest BCUT2D eigenvalue weighted by Crippen LogP contribution is -2.12. The maximum absolute atomic E-state index is 5.39. The predicted molar refractivity (Wildman–Crippen MR) is 76.4 cm³/mol. The van der Waals surface area contributed by atoms with Gasteiger partial charge >= 0.3 is 0 Å². The Labute approximate surface area is 114 Å². The minimum absolute atomic E-state index is 0.733. The first-order valence-electron chi connectivity index (χ1n) is 6.59. The molecule has 19 heavy (non-hydrogen) atoms. The van der Waals surface area contributed by atoms with Crippen molar-refractivity contribution in [3.05, 3.63) is 47.3 Å². The Morgan fingerprint density at radius 2 is 2.16 bits per heavy atom. The number of benzene rings is 1. The minimum atomic E-state index is 0.733. The summed E-state index contributed by atoms with van der Waals surface area (Å²) in [4.78, 5) is 0. The first-order chi connectivity index (χ1) is 9.22. The Hall–Kier alpha value is -1.81. The van der Waals surface area contributed by atoms with Crippen molar-refractivity contribution < 1.29 is 4.74 Å². The summed E-state index contributed by atoms with van der Waals surface area (Å²) in [6.45, 7) is 6.68. The summed E-state index contributed by atoms with van der Waals surface area (Å²) < 4.78 is 7.34. The lowest BCUT2D eigenvalue weighted by atomic mass is 10.1. The molecule has 0 saturated carbocycles. The summed E-state index contributed by atoms with van der Waals surface area (Å²) in [5.74, 6) is 0.911. The number of nitrogens with zero attached hydrogens (tertiary/aromatic N) is 2. The van der Waals surface area contributed by atoms with Gasteiger partial charge in [0.05, 0.1) is 19.3 Å². The summed E-state index contributed by atoms with van der Waals surface area (Å²) in [6, 6.07) is 8.26. The van der Waals surface area contributed by atoms with E-state index in [0.717, 1.165) is 36.6 Å². The van der Waals surface area contributed by atoms with Gasteiger partial charge in [0, 0.05) is 18.3 Å². The first-order valence-corrected chi connectivity index (χ1v) is 6.59. The van der Waals surface area contributed by atoms with Crippen LogP contribution < -0.4 is 10.1 Å². The zero-order valence-corrected chi connectivity index (χ0v) is 11.8. The van der Waals surface area contributed by atoms with E-state index in [4.69, 9.17) is 4.74 Å². The lowest BCUT2D eigenvalue weighted by Gasteiger charge is -2.09. The largest absolute Gasteiger partial charge is 0.496 e. The van der Waals surface area contributed by atoms with Crippen molar-refractivity contribution in [2.75, 3.05) is 13.7 Å². The van der Waals surface area contributed by atoms with Crippen molar-refractivity contribution >= 4 is 0 Å². The SMILES string of the molecule is CCNCc1ccn(Cc2cc(C)ccc2OC)n1. The van der Waals surface area contributed by atoms with Crippen LogP contribution >= 0.6 is 0 Å². The fourth-order valence-corrected chi connectivity index (χ4v) is 2.04. The van der Waals surface area contributed by atoms with Crippen LogP contribution in [0.4, 0.5) is 0 Å². The molecule has 0 spiro atoms. The highest BCUT2D eigenvalue weighted by Gasteiger charge is 2.05. The normalized spacial score (nSPS) is 10.7. The molecular formula is C15H21N3O. The average molecular weight is 259 g/mol. The molecular weight excluding hydrogens is 238 g/mol. The zero-order chi connectivity index (χ0) is 13.7. The molecule has 0 aliphatic carbocycles. The summed E-state index contributed by atoms with van der Waals surface area (Å²) in [5, 5.41) is 7.82. The van der Waals surface area contributed by atoms with Crippen molar-refractivity contribution in [2.24, 2.45) is 0 Å². The number of methoxy groups -OCH3 is 1. The second-order valence-electron chi connectivity index (χ2n) is 4.60. The van der Waals surface area contributed by atoms with Crippen LogP contribution in [0.25, 0.3) is 0 Å². The van der Waals surface area contributed by atoms with Crippen LogP contribution in [0.5, 0.6) is 5.75 Å². The van der Waals surface area contributed by atoms with E-state index in [9.17, 15) is 0 Å². The van der Waals surface area contributed by atoms with E-state index in [1.165, 1.54) is 5.56 Å². The molecule has 1 aromatic heterocycles. The first kappa shape index (κ1) is 13.6. The van der Waals surface area contributed by atoms with E-state index in [0.29, 0.717) is 0 Å². The monoisotopic (exact) mass is 259 g/mol. The van der Waals surface area contributed by atoms with Gasteiger partial charge in [-0.1, -0.05) is 24.6 Å². The number of rotatable bonds is 6. The van der Waals surface area contributed by atoms with Crippen LogP contribution in [0.1, 0.15) is 23.7 Å². The molecule has 2 rings (SSSR count). The Kier molecular flexibility index (Phi) is 4.58. The van der Waals surface area contributed by atoms with Crippen LogP contribution in [0.2, 0.25) is 0 Å². The molecule has 0 aliphatic heterocycles. The van der Waals surface area contributed by atoms with Crippen LogP contribution in [0.3, 0.4) is 0 Å². The number of hydrogen-bond donors (Lipinski definition) is 1. The molecule has 1 heterocycles. The molecule has 0 fully saturated rings. The molecule has 102 valence electrons. The van der Waals surface area contributed by atoms with Gasteiger partial charge in [-0.05, 0) is 25.6 Å². The van der Waals surface area contributed by atoms with Gasteiger partial charge in [-0.25, -0.2) is 0 Å². The fraction of sp³-hybridized carbons (Fsp3) is 0.400. The third kappa shape index (κ3) is 3.58.